The fraction of sp³-hybridized carbons (Fsp3) is 0.280. The number of ether oxygens (including phenoxy) is 1. The maximum absolute atomic E-state index is 13.1. The number of halogens is 1. The fourth-order valence-corrected chi connectivity index (χ4v) is 5.44. The lowest BCUT2D eigenvalue weighted by atomic mass is 10.1. The molecular formula is C25H24ClN3O3S. The van der Waals surface area contributed by atoms with Crippen molar-refractivity contribution >= 4 is 40.6 Å². The van der Waals surface area contributed by atoms with Gasteiger partial charge in [0.25, 0.3) is 5.91 Å². The van der Waals surface area contributed by atoms with Crippen LogP contribution in [-0.2, 0) is 11.3 Å². The van der Waals surface area contributed by atoms with Crippen LogP contribution in [0, 0.1) is 0 Å². The van der Waals surface area contributed by atoms with Crippen LogP contribution >= 0.6 is 22.9 Å². The van der Waals surface area contributed by atoms with Gasteiger partial charge in [-0.05, 0) is 48.0 Å². The fourth-order valence-electron chi connectivity index (χ4n) is 4.21. The molecule has 2 aliphatic heterocycles. The highest BCUT2D eigenvalue weighted by molar-refractivity contribution is 7.15. The summed E-state index contributed by atoms with van der Waals surface area (Å²) in [6.07, 6.45) is -0.361. The zero-order valence-corrected chi connectivity index (χ0v) is 19.6. The largest absolute Gasteiger partial charge is 0.447 e. The van der Waals surface area contributed by atoms with Gasteiger partial charge in [-0.25, -0.2) is 4.79 Å². The number of nitrogens with zero attached hydrogens (tertiary/aromatic N) is 3. The van der Waals surface area contributed by atoms with E-state index in [1.165, 1.54) is 9.75 Å². The average Bonchev–Trinajstić information content (AvgIpc) is 3.48. The number of benzene rings is 2. The zero-order chi connectivity index (χ0) is 22.8. The van der Waals surface area contributed by atoms with Crippen molar-refractivity contribution in [1.29, 1.82) is 0 Å². The van der Waals surface area contributed by atoms with Crippen molar-refractivity contribution in [2.75, 3.05) is 44.2 Å². The summed E-state index contributed by atoms with van der Waals surface area (Å²) in [4.78, 5) is 33.3. The third-order valence-electron chi connectivity index (χ3n) is 5.98. The van der Waals surface area contributed by atoms with Crippen molar-refractivity contribution in [1.82, 2.24) is 9.80 Å². The third-order valence-corrected chi connectivity index (χ3v) is 7.33. The molecule has 3 heterocycles. The number of piperazine rings is 1. The summed E-state index contributed by atoms with van der Waals surface area (Å²) in [6, 6.07) is 19.5. The summed E-state index contributed by atoms with van der Waals surface area (Å²) in [6.45, 7) is 4.78. The first kappa shape index (κ1) is 21.9. The van der Waals surface area contributed by atoms with Crippen LogP contribution < -0.4 is 4.90 Å². The van der Waals surface area contributed by atoms with Gasteiger partial charge in [0.2, 0.25) is 0 Å². The van der Waals surface area contributed by atoms with Gasteiger partial charge in [0.15, 0.2) is 0 Å². The Labute approximate surface area is 201 Å². The number of carbonyl (C=O) groups excluding carboxylic acids is 2. The van der Waals surface area contributed by atoms with Gasteiger partial charge in [-0.1, -0.05) is 29.8 Å². The summed E-state index contributed by atoms with van der Waals surface area (Å²) in [7, 11) is 0. The molecule has 170 valence electrons. The average molecular weight is 482 g/mol. The predicted molar refractivity (Wildman–Crippen MR) is 131 cm³/mol. The molecule has 0 unspecified atom stereocenters. The molecule has 33 heavy (non-hydrogen) atoms. The summed E-state index contributed by atoms with van der Waals surface area (Å²) >= 11 is 7.91. The first-order chi connectivity index (χ1) is 16.1. The Morgan fingerprint density at radius 1 is 0.970 bits per heavy atom. The number of hydrogen-bond acceptors (Lipinski definition) is 5. The second-order valence-electron chi connectivity index (χ2n) is 8.16. The minimum Gasteiger partial charge on any atom is -0.447 e. The molecule has 0 spiro atoms. The maximum atomic E-state index is 13.1. The van der Waals surface area contributed by atoms with Gasteiger partial charge in [0.05, 0.1) is 6.54 Å². The number of amides is 2. The van der Waals surface area contributed by atoms with Crippen molar-refractivity contribution in [3.05, 3.63) is 76.1 Å². The van der Waals surface area contributed by atoms with Crippen LogP contribution in [0.4, 0.5) is 10.5 Å². The normalized spacial score (nSPS) is 16.8. The molecule has 0 saturated carbocycles. The third kappa shape index (κ3) is 4.90. The van der Waals surface area contributed by atoms with E-state index in [1.54, 1.807) is 22.3 Å². The lowest BCUT2D eigenvalue weighted by Gasteiger charge is -2.34. The van der Waals surface area contributed by atoms with Crippen LogP contribution in [0.1, 0.15) is 15.2 Å². The molecule has 2 fully saturated rings. The van der Waals surface area contributed by atoms with Crippen LogP contribution in [0.2, 0.25) is 5.02 Å². The van der Waals surface area contributed by atoms with E-state index in [1.807, 2.05) is 41.3 Å². The summed E-state index contributed by atoms with van der Waals surface area (Å²) in [5.41, 5.74) is 2.44. The molecule has 0 radical (unpaired) electrons. The molecule has 1 aromatic heterocycles. The van der Waals surface area contributed by atoms with Gasteiger partial charge in [-0.15, -0.1) is 11.3 Å². The van der Waals surface area contributed by atoms with Gasteiger partial charge < -0.3 is 9.64 Å². The molecule has 2 saturated heterocycles. The molecule has 0 bridgehead atoms. The van der Waals surface area contributed by atoms with Gasteiger partial charge in [-0.2, -0.15) is 0 Å². The van der Waals surface area contributed by atoms with Gasteiger partial charge in [-0.3, -0.25) is 14.6 Å². The first-order valence-electron chi connectivity index (χ1n) is 11.0. The Kier molecular flexibility index (Phi) is 6.35. The molecule has 0 atom stereocenters. The van der Waals surface area contributed by atoms with Gasteiger partial charge in [0.1, 0.15) is 6.61 Å². The smallest absolute Gasteiger partial charge is 0.414 e. The van der Waals surface area contributed by atoms with Crippen LogP contribution in [0.3, 0.4) is 0 Å². The highest BCUT2D eigenvalue weighted by atomic mass is 35.5. The molecule has 2 amide bonds. The second kappa shape index (κ2) is 9.55. The van der Waals surface area contributed by atoms with Crippen molar-refractivity contribution in [3.63, 3.8) is 0 Å². The van der Waals surface area contributed by atoms with E-state index >= 15 is 0 Å². The van der Waals surface area contributed by atoms with E-state index in [4.69, 9.17) is 16.3 Å². The van der Waals surface area contributed by atoms with E-state index in [0.29, 0.717) is 37.5 Å². The SMILES string of the molecule is O=C(c1cccc(N2CCOC2=O)c1)N1CCN(Cc2ccc(-c3cccc(Cl)c3)s2)CC1. The summed E-state index contributed by atoms with van der Waals surface area (Å²) in [5.74, 6) is 0.00318. The van der Waals surface area contributed by atoms with Crippen molar-refractivity contribution in [3.8, 4) is 10.4 Å². The van der Waals surface area contributed by atoms with Crippen molar-refractivity contribution in [2.24, 2.45) is 0 Å². The molecule has 3 aromatic rings. The molecule has 8 heteroatoms. The van der Waals surface area contributed by atoms with E-state index < -0.39 is 0 Å². The topological polar surface area (TPSA) is 53.1 Å². The summed E-state index contributed by atoms with van der Waals surface area (Å²) in [5, 5.41) is 0.745. The number of hydrogen-bond donors (Lipinski definition) is 0. The maximum Gasteiger partial charge on any atom is 0.414 e. The minimum absolute atomic E-state index is 0.00318. The van der Waals surface area contributed by atoms with Crippen LogP contribution in [0.15, 0.2) is 60.7 Å². The lowest BCUT2D eigenvalue weighted by molar-refractivity contribution is 0.0629. The molecule has 6 nitrogen and oxygen atoms in total. The number of anilines is 1. The standard InChI is InChI=1S/C25H24ClN3O3S/c26-20-5-1-3-18(15-20)23-8-7-22(33-23)17-27-9-11-28(12-10-27)24(30)19-4-2-6-21(16-19)29-13-14-32-25(29)31/h1-8,15-16H,9-14,17H2. The zero-order valence-electron chi connectivity index (χ0n) is 18.1. The number of carbonyl (C=O) groups is 2. The molecule has 2 aliphatic rings. The number of cyclic esters (lactones) is 1. The van der Waals surface area contributed by atoms with E-state index in [9.17, 15) is 9.59 Å². The molecule has 0 aliphatic carbocycles. The van der Waals surface area contributed by atoms with Crippen LogP contribution in [-0.4, -0.2) is 61.1 Å². The quantitative estimate of drug-likeness (QED) is 0.515. The Morgan fingerprint density at radius 2 is 1.79 bits per heavy atom. The monoisotopic (exact) mass is 481 g/mol. The number of rotatable bonds is 5. The number of thiophene rings is 1. The summed E-state index contributed by atoms with van der Waals surface area (Å²) < 4.78 is 5.01. The van der Waals surface area contributed by atoms with E-state index in [-0.39, 0.29) is 12.0 Å². The molecule has 0 N–H and O–H groups in total. The Morgan fingerprint density at radius 3 is 2.55 bits per heavy atom. The highest BCUT2D eigenvalue weighted by Crippen LogP contribution is 2.30. The van der Waals surface area contributed by atoms with Crippen LogP contribution in [0.25, 0.3) is 10.4 Å². The molecule has 2 aromatic carbocycles. The highest BCUT2D eigenvalue weighted by Gasteiger charge is 2.26. The van der Waals surface area contributed by atoms with Crippen molar-refractivity contribution in [2.45, 2.75) is 6.54 Å². The van der Waals surface area contributed by atoms with E-state index in [2.05, 4.69) is 23.1 Å². The van der Waals surface area contributed by atoms with Crippen LogP contribution in [0.5, 0.6) is 0 Å². The van der Waals surface area contributed by atoms with E-state index in [0.717, 1.165) is 30.2 Å². The van der Waals surface area contributed by atoms with Crippen molar-refractivity contribution < 1.29 is 14.3 Å². The second-order valence-corrected chi connectivity index (χ2v) is 9.77. The van der Waals surface area contributed by atoms with Gasteiger partial charge in [0, 0.05) is 58.8 Å². The Bertz CT molecular complexity index is 1170. The first-order valence-corrected chi connectivity index (χ1v) is 12.2. The Hall–Kier alpha value is -2.87. The van der Waals surface area contributed by atoms with Gasteiger partial charge >= 0.3 is 6.09 Å². The molecular weight excluding hydrogens is 458 g/mol. The molecule has 5 rings (SSSR count). The Balaban J connectivity index is 1.18. The predicted octanol–water partition coefficient (Wildman–Crippen LogP) is 4.98. The minimum atomic E-state index is -0.361. The lowest BCUT2D eigenvalue weighted by Crippen LogP contribution is -2.48.